The van der Waals surface area contributed by atoms with Gasteiger partial charge in [-0.3, -0.25) is 0 Å². The quantitative estimate of drug-likeness (QED) is 0.204. The molecule has 2 aliphatic carbocycles. The Bertz CT molecular complexity index is 2520. The van der Waals surface area contributed by atoms with E-state index in [1.54, 1.807) is 0 Å². The Labute approximate surface area is 260 Å². The summed E-state index contributed by atoms with van der Waals surface area (Å²) in [6.45, 7) is 0. The molecule has 3 heterocycles. The van der Waals surface area contributed by atoms with Gasteiger partial charge in [-0.15, -0.1) is 0 Å². The summed E-state index contributed by atoms with van der Waals surface area (Å²) in [6.07, 6.45) is 12.2. The zero-order valence-corrected chi connectivity index (χ0v) is 24.8. The van der Waals surface area contributed by atoms with Gasteiger partial charge in [0.2, 0.25) is 0 Å². The number of para-hydroxylation sites is 3. The highest BCUT2D eigenvalue weighted by Crippen LogP contribution is 2.41. The van der Waals surface area contributed by atoms with E-state index < -0.39 is 0 Å². The molecule has 0 saturated carbocycles. The largest absolute Gasteiger partial charge is 0.456 e. The molecule has 0 aliphatic heterocycles. The Morgan fingerprint density at radius 1 is 0.600 bits per heavy atom. The van der Waals surface area contributed by atoms with E-state index in [2.05, 4.69) is 143 Å². The minimum atomic E-state index is 0.192. The zero-order valence-electron chi connectivity index (χ0n) is 24.8. The molecule has 45 heavy (non-hydrogen) atoms. The van der Waals surface area contributed by atoms with Gasteiger partial charge in [0.05, 0.1) is 17.1 Å². The average molecular weight is 579 g/mol. The van der Waals surface area contributed by atoms with Crippen LogP contribution in [-0.4, -0.2) is 9.13 Å². The van der Waals surface area contributed by atoms with E-state index in [1.165, 1.54) is 71.7 Å². The second-order valence-electron chi connectivity index (χ2n) is 12.4. The van der Waals surface area contributed by atoms with Crippen molar-refractivity contribution in [1.29, 1.82) is 0 Å². The summed E-state index contributed by atoms with van der Waals surface area (Å²) in [5.41, 5.74) is 12.5. The molecule has 10 rings (SSSR count). The van der Waals surface area contributed by atoms with Gasteiger partial charge in [-0.25, -0.2) is 0 Å². The second-order valence-corrected chi connectivity index (χ2v) is 12.4. The fraction of sp³-hybridized carbons (Fsp3) is 0.0952. The summed E-state index contributed by atoms with van der Waals surface area (Å²) >= 11 is 0. The summed E-state index contributed by atoms with van der Waals surface area (Å²) < 4.78 is 11.2. The lowest BCUT2D eigenvalue weighted by atomic mass is 9.96. The van der Waals surface area contributed by atoms with E-state index in [1.807, 2.05) is 6.07 Å². The van der Waals surface area contributed by atoms with Crippen molar-refractivity contribution >= 4 is 55.8 Å². The average Bonchev–Trinajstić information content (AvgIpc) is 3.75. The van der Waals surface area contributed by atoms with Crippen molar-refractivity contribution in [2.75, 3.05) is 0 Å². The number of rotatable bonds is 3. The van der Waals surface area contributed by atoms with Crippen molar-refractivity contribution in [3.05, 3.63) is 150 Å². The second kappa shape index (κ2) is 9.48. The molecule has 3 aromatic heterocycles. The van der Waals surface area contributed by atoms with E-state index >= 15 is 0 Å². The van der Waals surface area contributed by atoms with Gasteiger partial charge in [0.25, 0.3) is 0 Å². The van der Waals surface area contributed by atoms with Gasteiger partial charge in [0, 0.05) is 50.4 Å². The minimum absolute atomic E-state index is 0.192. The Hall–Kier alpha value is -5.54. The van der Waals surface area contributed by atoms with Crippen LogP contribution in [0.3, 0.4) is 0 Å². The van der Waals surface area contributed by atoms with Crippen LogP contribution in [0.5, 0.6) is 0 Å². The number of fused-ring (bicyclic) bond motifs is 9. The summed E-state index contributed by atoms with van der Waals surface area (Å²) in [5.74, 6) is 0.989. The number of hydrogen-bond acceptors (Lipinski definition) is 1. The lowest BCUT2D eigenvalue weighted by Gasteiger charge is -2.21. The summed E-state index contributed by atoms with van der Waals surface area (Å²) in [6, 6.07) is 42.3. The Balaban J connectivity index is 1.15. The summed E-state index contributed by atoms with van der Waals surface area (Å²) in [5, 5.41) is 5.17. The first-order valence-corrected chi connectivity index (χ1v) is 15.9. The molecule has 8 aromatic rings. The van der Waals surface area contributed by atoms with Crippen molar-refractivity contribution in [3.63, 3.8) is 0 Å². The number of nitrogens with zero attached hydrogens (tertiary/aromatic N) is 2. The van der Waals surface area contributed by atoms with E-state index in [-0.39, 0.29) is 6.04 Å². The zero-order chi connectivity index (χ0) is 29.5. The summed E-state index contributed by atoms with van der Waals surface area (Å²) in [4.78, 5) is 0. The van der Waals surface area contributed by atoms with Gasteiger partial charge in [-0.05, 0) is 84.1 Å². The van der Waals surface area contributed by atoms with E-state index in [0.29, 0.717) is 0 Å². The molecule has 0 fully saturated rings. The molecule has 0 spiro atoms. The molecule has 3 heteroatoms. The third-order valence-electron chi connectivity index (χ3n) is 9.95. The lowest BCUT2D eigenvalue weighted by molar-refractivity contribution is 0.572. The molecule has 0 saturated heterocycles. The van der Waals surface area contributed by atoms with Crippen LogP contribution in [0.1, 0.15) is 35.0 Å². The van der Waals surface area contributed by atoms with E-state index in [9.17, 15) is 0 Å². The molecule has 5 aromatic carbocycles. The third kappa shape index (κ3) is 3.64. The van der Waals surface area contributed by atoms with Crippen molar-refractivity contribution < 1.29 is 4.42 Å². The van der Waals surface area contributed by atoms with Crippen molar-refractivity contribution in [3.8, 4) is 16.8 Å². The maximum Gasteiger partial charge on any atom is 0.135 e. The highest BCUT2D eigenvalue weighted by atomic mass is 16.3. The molecule has 3 nitrogen and oxygen atoms in total. The van der Waals surface area contributed by atoms with Crippen LogP contribution in [0.25, 0.3) is 72.6 Å². The highest BCUT2D eigenvalue weighted by molar-refractivity contribution is 6.09. The lowest BCUT2D eigenvalue weighted by Crippen LogP contribution is -2.12. The topological polar surface area (TPSA) is 23.0 Å². The third-order valence-corrected chi connectivity index (χ3v) is 9.95. The molecule has 1 unspecified atom stereocenters. The normalized spacial score (nSPS) is 15.8. The minimum Gasteiger partial charge on any atom is -0.456 e. The first-order chi connectivity index (χ1) is 22.3. The van der Waals surface area contributed by atoms with Crippen LogP contribution in [-0.2, 0) is 12.8 Å². The van der Waals surface area contributed by atoms with Crippen LogP contribution < -0.4 is 0 Å². The molecule has 0 radical (unpaired) electrons. The van der Waals surface area contributed by atoms with Gasteiger partial charge < -0.3 is 13.6 Å². The first kappa shape index (κ1) is 24.9. The van der Waals surface area contributed by atoms with Gasteiger partial charge in [0.15, 0.2) is 0 Å². The number of furan rings is 1. The SMILES string of the molecule is C1=Cc2c(c3cc(-c4ccc5c6ccccc6n(C6C=Cc7oc8ccccc8c7C6)c5c4)ccc3n2-c2ccccc2)CC1. The number of benzene rings is 5. The van der Waals surface area contributed by atoms with Crippen molar-refractivity contribution in [2.24, 2.45) is 0 Å². The van der Waals surface area contributed by atoms with Crippen LogP contribution in [0.2, 0.25) is 0 Å². The monoisotopic (exact) mass is 578 g/mol. The number of aromatic nitrogens is 2. The highest BCUT2D eigenvalue weighted by Gasteiger charge is 2.25. The van der Waals surface area contributed by atoms with Gasteiger partial charge >= 0.3 is 0 Å². The van der Waals surface area contributed by atoms with Gasteiger partial charge in [-0.1, -0.05) is 84.9 Å². The Morgan fingerprint density at radius 3 is 2.31 bits per heavy atom. The van der Waals surface area contributed by atoms with Crippen LogP contribution in [0.4, 0.5) is 0 Å². The van der Waals surface area contributed by atoms with Crippen molar-refractivity contribution in [2.45, 2.75) is 25.3 Å². The maximum absolute atomic E-state index is 6.21. The molecular formula is C42H30N2O. The van der Waals surface area contributed by atoms with E-state index in [4.69, 9.17) is 4.42 Å². The fourth-order valence-electron chi connectivity index (χ4n) is 7.92. The molecule has 0 amide bonds. The molecule has 0 bridgehead atoms. The van der Waals surface area contributed by atoms with Gasteiger partial charge in [0.1, 0.15) is 11.3 Å². The first-order valence-electron chi connectivity index (χ1n) is 15.9. The number of allylic oxidation sites excluding steroid dienone is 2. The summed E-state index contributed by atoms with van der Waals surface area (Å²) in [7, 11) is 0. The Morgan fingerprint density at radius 2 is 1.38 bits per heavy atom. The molecule has 0 N–H and O–H groups in total. The van der Waals surface area contributed by atoms with Crippen LogP contribution >= 0.6 is 0 Å². The van der Waals surface area contributed by atoms with E-state index in [0.717, 1.165) is 30.6 Å². The smallest absolute Gasteiger partial charge is 0.135 e. The predicted molar refractivity (Wildman–Crippen MR) is 187 cm³/mol. The standard InChI is InChI=1S/C42H30N2O/c1-2-10-29(11-3-1)43-38-16-8-5-13-32(38)35-24-27(19-22-39(35)43)28-18-21-33-31-12-4-7-15-37(31)44(40(33)25-28)30-20-23-42-36(26-30)34-14-6-9-17-41(34)45-42/h1-4,6-12,14-25,30H,5,13,26H2. The Kier molecular flexibility index (Phi) is 5.23. The maximum atomic E-state index is 6.21. The fourth-order valence-corrected chi connectivity index (χ4v) is 7.92. The van der Waals surface area contributed by atoms with Crippen LogP contribution in [0.15, 0.2) is 132 Å². The van der Waals surface area contributed by atoms with Crippen molar-refractivity contribution in [1.82, 2.24) is 9.13 Å². The van der Waals surface area contributed by atoms with Crippen LogP contribution in [0, 0.1) is 0 Å². The molecular weight excluding hydrogens is 548 g/mol. The molecule has 2 aliphatic rings. The molecule has 214 valence electrons. The predicted octanol–water partition coefficient (Wildman–Crippen LogP) is 10.9. The molecule has 1 atom stereocenters. The number of hydrogen-bond donors (Lipinski definition) is 0. The van der Waals surface area contributed by atoms with Gasteiger partial charge in [-0.2, -0.15) is 0 Å². The number of aryl methyl sites for hydroxylation is 1.